The highest BCUT2D eigenvalue weighted by Gasteiger charge is 2.46. The average Bonchev–Trinajstić information content (AvgIpc) is 3.34. The average molecular weight is 462 g/mol. The van der Waals surface area contributed by atoms with Crippen LogP contribution in [0.2, 0.25) is 0 Å². The Morgan fingerprint density at radius 2 is 1.91 bits per heavy atom. The summed E-state index contributed by atoms with van der Waals surface area (Å²) in [5.74, 6) is -1.27. The Morgan fingerprint density at radius 1 is 1.19 bits per heavy atom. The zero-order valence-electron chi connectivity index (χ0n) is 17.3. The molecule has 5 rings (SSSR count). The minimum atomic E-state index is -3.39. The Bertz CT molecular complexity index is 1340. The number of rotatable bonds is 4. The van der Waals surface area contributed by atoms with Gasteiger partial charge in [-0.2, -0.15) is 0 Å². The van der Waals surface area contributed by atoms with E-state index >= 15 is 0 Å². The predicted octanol–water partition coefficient (Wildman–Crippen LogP) is 3.01. The number of urea groups is 1. The molecule has 168 valence electrons. The second-order valence-corrected chi connectivity index (χ2v) is 10.1. The molecule has 0 radical (unpaired) electrons. The van der Waals surface area contributed by atoms with E-state index in [1.165, 1.54) is 23.1 Å². The fourth-order valence-electron chi connectivity index (χ4n) is 4.66. The van der Waals surface area contributed by atoms with Crippen molar-refractivity contribution in [2.24, 2.45) is 0 Å². The van der Waals surface area contributed by atoms with Gasteiger partial charge in [0, 0.05) is 24.7 Å². The van der Waals surface area contributed by atoms with E-state index in [4.69, 9.17) is 4.52 Å². The summed E-state index contributed by atoms with van der Waals surface area (Å²) in [6, 6.07) is 6.03. The van der Waals surface area contributed by atoms with Crippen LogP contribution in [0.15, 0.2) is 34.9 Å². The maximum atomic E-state index is 14.6. The zero-order chi connectivity index (χ0) is 22.8. The Labute approximate surface area is 182 Å². The van der Waals surface area contributed by atoms with E-state index < -0.39 is 21.7 Å². The van der Waals surface area contributed by atoms with Crippen LogP contribution in [0, 0.1) is 18.6 Å². The fraction of sp³-hybridized carbons (Fsp3) is 0.333. The normalized spacial score (nSPS) is 21.1. The fourth-order valence-corrected chi connectivity index (χ4v) is 5.44. The van der Waals surface area contributed by atoms with Crippen LogP contribution < -0.4 is 9.62 Å². The van der Waals surface area contributed by atoms with Crippen molar-refractivity contribution in [1.82, 2.24) is 14.8 Å². The van der Waals surface area contributed by atoms with Crippen LogP contribution in [0.3, 0.4) is 0 Å². The molecule has 1 aromatic heterocycles. The van der Waals surface area contributed by atoms with Gasteiger partial charge in [-0.1, -0.05) is 17.3 Å². The number of anilines is 1. The van der Waals surface area contributed by atoms with Gasteiger partial charge in [0.05, 0.1) is 23.2 Å². The lowest BCUT2D eigenvalue weighted by Gasteiger charge is -2.18. The van der Waals surface area contributed by atoms with Crippen molar-refractivity contribution in [1.29, 1.82) is 0 Å². The minimum Gasteiger partial charge on any atom is -0.354 e. The van der Waals surface area contributed by atoms with Crippen molar-refractivity contribution in [2.75, 3.05) is 24.2 Å². The van der Waals surface area contributed by atoms with Gasteiger partial charge in [0.2, 0.25) is 10.0 Å². The first-order valence-corrected chi connectivity index (χ1v) is 11.9. The van der Waals surface area contributed by atoms with E-state index in [2.05, 4.69) is 9.88 Å². The van der Waals surface area contributed by atoms with Gasteiger partial charge in [0.25, 0.3) is 0 Å². The molecule has 0 bridgehead atoms. The number of aryl methyl sites for hydroxylation is 1. The molecule has 8 nitrogen and oxygen atoms in total. The molecule has 0 unspecified atom stereocenters. The first-order chi connectivity index (χ1) is 15.1. The third-order valence-electron chi connectivity index (χ3n) is 5.85. The highest BCUT2D eigenvalue weighted by molar-refractivity contribution is 7.88. The van der Waals surface area contributed by atoms with Crippen LogP contribution in [-0.2, 0) is 10.0 Å². The molecule has 32 heavy (non-hydrogen) atoms. The highest BCUT2D eigenvalue weighted by atomic mass is 32.2. The van der Waals surface area contributed by atoms with E-state index in [-0.39, 0.29) is 48.1 Å². The number of nitrogens with one attached hydrogen (secondary N) is 1. The number of amides is 2. The summed E-state index contributed by atoms with van der Waals surface area (Å²) in [6.07, 6.45) is 1.54. The summed E-state index contributed by atoms with van der Waals surface area (Å²) in [6.45, 7) is 2.27. The van der Waals surface area contributed by atoms with Gasteiger partial charge in [0.15, 0.2) is 11.4 Å². The van der Waals surface area contributed by atoms with Crippen molar-refractivity contribution >= 4 is 32.8 Å². The molecular formula is C21H20F2N4O4S. The van der Waals surface area contributed by atoms with Crippen LogP contribution >= 0.6 is 0 Å². The second-order valence-electron chi connectivity index (χ2n) is 8.31. The monoisotopic (exact) mass is 462 g/mol. The lowest BCUT2D eigenvalue weighted by molar-refractivity contribution is 0.218. The predicted molar refractivity (Wildman–Crippen MR) is 114 cm³/mol. The molecule has 2 aliphatic heterocycles. The molecule has 1 N–H and O–H groups in total. The molecule has 0 spiro atoms. The second kappa shape index (κ2) is 7.24. The van der Waals surface area contributed by atoms with Gasteiger partial charge in [-0.05, 0) is 37.1 Å². The van der Waals surface area contributed by atoms with Crippen molar-refractivity contribution < 1.29 is 26.5 Å². The molecule has 2 amide bonds. The Morgan fingerprint density at radius 3 is 2.56 bits per heavy atom. The van der Waals surface area contributed by atoms with Gasteiger partial charge < -0.3 is 9.42 Å². The molecule has 2 aliphatic rings. The van der Waals surface area contributed by atoms with Crippen molar-refractivity contribution in [3.8, 4) is 11.1 Å². The molecule has 2 fully saturated rings. The maximum Gasteiger partial charge on any atom is 0.326 e. The maximum absolute atomic E-state index is 14.6. The Hall–Kier alpha value is -3.05. The number of hydrogen-bond acceptors (Lipinski definition) is 5. The first kappa shape index (κ1) is 20.8. The summed E-state index contributed by atoms with van der Waals surface area (Å²) in [5, 5.41) is 4.41. The Balaban J connectivity index is 1.55. The molecule has 0 saturated carbocycles. The molecular weight excluding hydrogens is 442 g/mol. The lowest BCUT2D eigenvalue weighted by Crippen LogP contribution is -2.40. The molecule has 2 aromatic carbocycles. The standard InChI is InChI=1S/C21H20F2N4O4S/c1-11-6-14(18-15(22)4-3-5-16(18)23)19-17(7-11)31-24-20(19)27-10-13-8-12(25-32(2,29)30)9-26(13)21(27)28/h3-7,12-13,25H,8-10H2,1-2H3/t12-,13-/m0/s1. The number of hydrogen-bond donors (Lipinski definition) is 1. The number of sulfonamides is 1. The van der Waals surface area contributed by atoms with Gasteiger partial charge >= 0.3 is 6.03 Å². The van der Waals surface area contributed by atoms with Crippen LogP contribution in [0.25, 0.3) is 22.1 Å². The van der Waals surface area contributed by atoms with E-state index in [0.717, 1.165) is 11.8 Å². The van der Waals surface area contributed by atoms with Gasteiger partial charge in [0.1, 0.15) is 11.6 Å². The van der Waals surface area contributed by atoms with Crippen molar-refractivity contribution in [3.63, 3.8) is 0 Å². The number of carbonyl (C=O) groups is 1. The summed E-state index contributed by atoms with van der Waals surface area (Å²) < 4.78 is 60.3. The highest BCUT2D eigenvalue weighted by Crippen LogP contribution is 2.41. The summed E-state index contributed by atoms with van der Waals surface area (Å²) in [7, 11) is -3.39. The molecule has 0 aliphatic carbocycles. The van der Waals surface area contributed by atoms with E-state index in [0.29, 0.717) is 17.4 Å². The summed E-state index contributed by atoms with van der Waals surface area (Å²) in [4.78, 5) is 16.1. The van der Waals surface area contributed by atoms with Crippen LogP contribution in [0.1, 0.15) is 12.0 Å². The SMILES string of the molecule is Cc1cc(-c2c(F)cccc2F)c2c(N3C[C@@H]4C[C@H](NS(C)(=O)=O)CN4C3=O)noc2c1. The number of aromatic nitrogens is 1. The lowest BCUT2D eigenvalue weighted by atomic mass is 9.98. The van der Waals surface area contributed by atoms with Crippen molar-refractivity contribution in [3.05, 3.63) is 47.5 Å². The molecule has 3 heterocycles. The molecule has 2 atom stereocenters. The zero-order valence-corrected chi connectivity index (χ0v) is 18.1. The summed E-state index contributed by atoms with van der Waals surface area (Å²) >= 11 is 0. The Kier molecular flexibility index (Phi) is 4.71. The molecule has 11 heteroatoms. The number of carbonyl (C=O) groups excluding carboxylic acids is 1. The van der Waals surface area contributed by atoms with E-state index in [9.17, 15) is 22.0 Å². The third-order valence-corrected chi connectivity index (χ3v) is 6.61. The topological polar surface area (TPSA) is 95.8 Å². The third kappa shape index (κ3) is 3.41. The quantitative estimate of drug-likeness (QED) is 0.643. The summed E-state index contributed by atoms with van der Waals surface area (Å²) in [5.41, 5.74) is 1.08. The van der Waals surface area contributed by atoms with Gasteiger partial charge in [-0.15, -0.1) is 0 Å². The van der Waals surface area contributed by atoms with Crippen LogP contribution in [0.4, 0.5) is 19.4 Å². The largest absolute Gasteiger partial charge is 0.354 e. The van der Waals surface area contributed by atoms with Crippen LogP contribution in [-0.4, -0.2) is 55.9 Å². The number of nitrogens with zero attached hydrogens (tertiary/aromatic N) is 3. The number of benzene rings is 2. The van der Waals surface area contributed by atoms with Crippen LogP contribution in [0.5, 0.6) is 0 Å². The van der Waals surface area contributed by atoms with E-state index in [1.54, 1.807) is 24.0 Å². The smallest absolute Gasteiger partial charge is 0.326 e. The van der Waals surface area contributed by atoms with Gasteiger partial charge in [-0.25, -0.2) is 26.7 Å². The van der Waals surface area contributed by atoms with Crippen molar-refractivity contribution in [2.45, 2.75) is 25.4 Å². The number of halogens is 2. The van der Waals surface area contributed by atoms with E-state index in [1.807, 2.05) is 0 Å². The minimum absolute atomic E-state index is 0.185. The first-order valence-electron chi connectivity index (χ1n) is 10.0. The molecule has 3 aromatic rings. The molecule has 2 saturated heterocycles. The van der Waals surface area contributed by atoms with Gasteiger partial charge in [-0.3, -0.25) is 4.90 Å². The number of fused-ring (bicyclic) bond motifs is 2.